The predicted octanol–water partition coefficient (Wildman–Crippen LogP) is 4.44. The Bertz CT molecular complexity index is 1080. The summed E-state index contributed by atoms with van der Waals surface area (Å²) in [5.74, 6) is 0.949. The molecule has 164 valence electrons. The van der Waals surface area contributed by atoms with Crippen molar-refractivity contribution in [3.05, 3.63) is 78.1 Å². The molecule has 2 heterocycles. The molecule has 1 aromatic heterocycles. The van der Waals surface area contributed by atoms with E-state index in [1.54, 1.807) is 47.6 Å². The molecule has 0 unspecified atom stereocenters. The lowest BCUT2D eigenvalue weighted by Crippen LogP contribution is -2.23. The van der Waals surface area contributed by atoms with Crippen molar-refractivity contribution in [3.63, 3.8) is 0 Å². The first-order valence-corrected chi connectivity index (χ1v) is 10.6. The van der Waals surface area contributed by atoms with Crippen LogP contribution in [0.25, 0.3) is 0 Å². The van der Waals surface area contributed by atoms with Crippen molar-refractivity contribution in [1.29, 1.82) is 0 Å². The summed E-state index contributed by atoms with van der Waals surface area (Å²) in [5.41, 5.74) is 2.90. The number of amides is 2. The van der Waals surface area contributed by atoms with Crippen molar-refractivity contribution in [2.24, 2.45) is 0 Å². The second kappa shape index (κ2) is 9.96. The van der Waals surface area contributed by atoms with Crippen molar-refractivity contribution in [1.82, 2.24) is 4.98 Å². The van der Waals surface area contributed by atoms with E-state index in [2.05, 4.69) is 10.3 Å². The second-order valence-corrected chi connectivity index (χ2v) is 7.39. The minimum atomic E-state index is -0.255. The molecule has 7 nitrogen and oxygen atoms in total. The average molecular weight is 431 g/mol. The summed E-state index contributed by atoms with van der Waals surface area (Å²) in [4.78, 5) is 30.5. The molecule has 4 rings (SSSR count). The number of hydrogen-bond donors (Lipinski definition) is 1. The lowest BCUT2D eigenvalue weighted by Gasteiger charge is -2.16. The van der Waals surface area contributed by atoms with E-state index >= 15 is 0 Å². The van der Waals surface area contributed by atoms with Gasteiger partial charge in [0.25, 0.3) is 5.91 Å². The van der Waals surface area contributed by atoms with Crippen molar-refractivity contribution < 1.29 is 19.1 Å². The number of benzene rings is 2. The predicted molar refractivity (Wildman–Crippen MR) is 122 cm³/mol. The first kappa shape index (κ1) is 21.4. The molecule has 0 spiro atoms. The van der Waals surface area contributed by atoms with E-state index in [9.17, 15) is 9.59 Å². The van der Waals surface area contributed by atoms with Gasteiger partial charge in [-0.3, -0.25) is 14.6 Å². The fourth-order valence-electron chi connectivity index (χ4n) is 3.53. The van der Waals surface area contributed by atoms with Crippen LogP contribution >= 0.6 is 0 Å². The van der Waals surface area contributed by atoms with Crippen LogP contribution in [0.1, 0.15) is 35.7 Å². The van der Waals surface area contributed by atoms with Crippen LogP contribution in [0.4, 0.5) is 11.4 Å². The van der Waals surface area contributed by atoms with Crippen LogP contribution in [-0.4, -0.2) is 29.9 Å². The van der Waals surface area contributed by atoms with Gasteiger partial charge < -0.3 is 19.7 Å². The summed E-state index contributed by atoms with van der Waals surface area (Å²) in [7, 11) is 0. The maximum absolute atomic E-state index is 12.8. The number of nitrogens with one attached hydrogen (secondary N) is 1. The van der Waals surface area contributed by atoms with Gasteiger partial charge >= 0.3 is 0 Å². The van der Waals surface area contributed by atoms with E-state index in [0.29, 0.717) is 42.4 Å². The van der Waals surface area contributed by atoms with Gasteiger partial charge in [-0.1, -0.05) is 6.07 Å². The van der Waals surface area contributed by atoms with Gasteiger partial charge in [0.05, 0.1) is 6.61 Å². The summed E-state index contributed by atoms with van der Waals surface area (Å²) in [6.07, 6.45) is 4.92. The topological polar surface area (TPSA) is 80.8 Å². The number of anilines is 2. The van der Waals surface area contributed by atoms with Crippen LogP contribution in [-0.2, 0) is 11.4 Å². The molecule has 2 aromatic carbocycles. The fraction of sp³-hybridized carbons (Fsp3) is 0.240. The molecule has 2 amide bonds. The molecule has 0 saturated carbocycles. The zero-order valence-electron chi connectivity index (χ0n) is 17.9. The Hall–Kier alpha value is -3.87. The molecule has 1 fully saturated rings. The number of pyridine rings is 1. The van der Waals surface area contributed by atoms with Crippen LogP contribution < -0.4 is 19.7 Å². The third-order valence-electron chi connectivity index (χ3n) is 5.13. The highest BCUT2D eigenvalue weighted by atomic mass is 16.5. The van der Waals surface area contributed by atoms with E-state index < -0.39 is 0 Å². The van der Waals surface area contributed by atoms with Crippen molar-refractivity contribution in [2.75, 3.05) is 23.4 Å². The molecular weight excluding hydrogens is 406 g/mol. The molecule has 1 aliphatic rings. The summed E-state index contributed by atoms with van der Waals surface area (Å²) in [5, 5.41) is 2.89. The molecule has 0 bridgehead atoms. The van der Waals surface area contributed by atoms with E-state index in [4.69, 9.17) is 9.47 Å². The number of carbonyl (C=O) groups excluding carboxylic acids is 2. The standard InChI is InChI=1S/C25H25N3O4/c1-2-31-23-15-19(7-12-22(23)32-17-18-5-3-13-26-16-18)25(30)27-20-8-10-21(11-9-20)28-14-4-6-24(28)29/h3,5,7-13,15-16H,2,4,6,14,17H2,1H3,(H,27,30). The van der Waals surface area contributed by atoms with Gasteiger partial charge in [-0.15, -0.1) is 0 Å². The van der Waals surface area contributed by atoms with E-state index in [1.807, 2.05) is 31.2 Å². The van der Waals surface area contributed by atoms with E-state index in [0.717, 1.165) is 24.2 Å². The molecule has 1 saturated heterocycles. The molecule has 7 heteroatoms. The van der Waals surface area contributed by atoms with Crippen LogP contribution in [0.2, 0.25) is 0 Å². The van der Waals surface area contributed by atoms with Gasteiger partial charge in [-0.05, 0) is 61.9 Å². The number of ether oxygens (including phenoxy) is 2. The lowest BCUT2D eigenvalue weighted by molar-refractivity contribution is -0.117. The van der Waals surface area contributed by atoms with Crippen molar-refractivity contribution in [2.45, 2.75) is 26.4 Å². The smallest absolute Gasteiger partial charge is 0.255 e. The highest BCUT2D eigenvalue weighted by Crippen LogP contribution is 2.30. The van der Waals surface area contributed by atoms with Gasteiger partial charge in [-0.2, -0.15) is 0 Å². The summed E-state index contributed by atoms with van der Waals surface area (Å²) < 4.78 is 11.6. The van der Waals surface area contributed by atoms with Crippen LogP contribution in [0.3, 0.4) is 0 Å². The van der Waals surface area contributed by atoms with Crippen molar-refractivity contribution in [3.8, 4) is 11.5 Å². The van der Waals surface area contributed by atoms with E-state index in [-0.39, 0.29) is 11.8 Å². The third kappa shape index (κ3) is 5.06. The first-order valence-electron chi connectivity index (χ1n) is 10.6. The second-order valence-electron chi connectivity index (χ2n) is 7.39. The van der Waals surface area contributed by atoms with Crippen LogP contribution in [0.5, 0.6) is 11.5 Å². The van der Waals surface area contributed by atoms with Gasteiger partial charge in [0.15, 0.2) is 11.5 Å². The molecule has 1 N–H and O–H groups in total. The lowest BCUT2D eigenvalue weighted by atomic mass is 10.1. The molecule has 0 aliphatic carbocycles. The number of hydrogen-bond acceptors (Lipinski definition) is 5. The summed E-state index contributed by atoms with van der Waals surface area (Å²) >= 11 is 0. The Morgan fingerprint density at radius 1 is 1.09 bits per heavy atom. The quantitative estimate of drug-likeness (QED) is 0.570. The number of nitrogens with zero attached hydrogens (tertiary/aromatic N) is 2. The maximum Gasteiger partial charge on any atom is 0.255 e. The Morgan fingerprint density at radius 3 is 2.62 bits per heavy atom. The molecule has 0 atom stereocenters. The highest BCUT2D eigenvalue weighted by molar-refractivity contribution is 6.05. The number of carbonyl (C=O) groups is 2. The number of aromatic nitrogens is 1. The van der Waals surface area contributed by atoms with Gasteiger partial charge in [0, 0.05) is 47.9 Å². The van der Waals surface area contributed by atoms with Crippen LogP contribution in [0, 0.1) is 0 Å². The minimum absolute atomic E-state index is 0.135. The normalized spacial score (nSPS) is 13.2. The summed E-state index contributed by atoms with van der Waals surface area (Å²) in [6, 6.07) is 16.2. The molecule has 1 aliphatic heterocycles. The summed E-state index contributed by atoms with van der Waals surface area (Å²) in [6.45, 7) is 3.42. The Morgan fingerprint density at radius 2 is 1.94 bits per heavy atom. The largest absolute Gasteiger partial charge is 0.490 e. The average Bonchev–Trinajstić information content (AvgIpc) is 3.25. The maximum atomic E-state index is 12.8. The molecule has 32 heavy (non-hydrogen) atoms. The monoisotopic (exact) mass is 431 g/mol. The fourth-order valence-corrected chi connectivity index (χ4v) is 3.53. The Labute approximate surface area is 187 Å². The SMILES string of the molecule is CCOc1cc(C(=O)Nc2ccc(N3CCCC3=O)cc2)ccc1OCc1cccnc1. The Balaban J connectivity index is 1.43. The number of rotatable bonds is 8. The highest BCUT2D eigenvalue weighted by Gasteiger charge is 2.21. The molecule has 0 radical (unpaired) electrons. The van der Waals surface area contributed by atoms with Crippen LogP contribution in [0.15, 0.2) is 67.0 Å². The third-order valence-corrected chi connectivity index (χ3v) is 5.13. The minimum Gasteiger partial charge on any atom is -0.490 e. The zero-order valence-corrected chi connectivity index (χ0v) is 17.9. The van der Waals surface area contributed by atoms with Gasteiger partial charge in [0.2, 0.25) is 5.91 Å². The first-order chi connectivity index (χ1) is 15.6. The molecular formula is C25H25N3O4. The molecule has 3 aromatic rings. The van der Waals surface area contributed by atoms with Crippen molar-refractivity contribution >= 4 is 23.2 Å². The van der Waals surface area contributed by atoms with Gasteiger partial charge in [0.1, 0.15) is 6.61 Å². The zero-order chi connectivity index (χ0) is 22.3. The van der Waals surface area contributed by atoms with Gasteiger partial charge in [-0.25, -0.2) is 0 Å². The Kier molecular flexibility index (Phi) is 6.65. The van der Waals surface area contributed by atoms with E-state index in [1.165, 1.54) is 0 Å².